The van der Waals surface area contributed by atoms with Crippen LogP contribution in [0, 0.1) is 0 Å². The van der Waals surface area contributed by atoms with Crippen molar-refractivity contribution < 1.29 is 38.0 Å². The van der Waals surface area contributed by atoms with Crippen molar-refractivity contribution in [3.05, 3.63) is 53.8 Å². The number of aromatic nitrogens is 4. The summed E-state index contributed by atoms with van der Waals surface area (Å²) in [6.45, 7) is 5.26. The van der Waals surface area contributed by atoms with E-state index in [0.717, 1.165) is 0 Å². The highest BCUT2D eigenvalue weighted by molar-refractivity contribution is 7.13. The highest BCUT2D eigenvalue weighted by Crippen LogP contribution is 2.41. The second-order valence-corrected chi connectivity index (χ2v) is 12.4. The maximum Gasteiger partial charge on any atom is 0.340 e. The van der Waals surface area contributed by atoms with Crippen LogP contribution in [0.5, 0.6) is 11.8 Å². The predicted molar refractivity (Wildman–Crippen MR) is 186 cm³/mol. The van der Waals surface area contributed by atoms with Crippen LogP contribution in [-0.2, 0) is 18.9 Å². The molecular weight excluding hydrogens is 664 g/mol. The summed E-state index contributed by atoms with van der Waals surface area (Å²) in [5.41, 5.74) is 3.41. The van der Waals surface area contributed by atoms with Gasteiger partial charge in [-0.1, -0.05) is 0 Å². The lowest BCUT2D eigenvalue weighted by atomic mass is 10.0. The Labute approximate surface area is 293 Å². The van der Waals surface area contributed by atoms with Gasteiger partial charge < -0.3 is 33.7 Å². The van der Waals surface area contributed by atoms with Crippen molar-refractivity contribution in [2.75, 3.05) is 58.6 Å². The number of thiazole rings is 1. The second kappa shape index (κ2) is 17.3. The van der Waals surface area contributed by atoms with Gasteiger partial charge in [-0.15, -0.1) is 11.3 Å². The van der Waals surface area contributed by atoms with Crippen LogP contribution in [0.15, 0.2) is 48.2 Å². The first-order chi connectivity index (χ1) is 24.5. The van der Waals surface area contributed by atoms with Crippen molar-refractivity contribution in [2.24, 2.45) is 0 Å². The molecule has 15 heteroatoms. The quantitative estimate of drug-likeness (QED) is 0.135. The highest BCUT2D eigenvalue weighted by atomic mass is 32.1. The van der Waals surface area contributed by atoms with Crippen molar-refractivity contribution in [3.8, 4) is 44.7 Å². The summed E-state index contributed by atoms with van der Waals surface area (Å²) in [7, 11) is 1.61. The van der Waals surface area contributed by atoms with Gasteiger partial charge in [-0.3, -0.25) is 5.32 Å². The van der Waals surface area contributed by atoms with Crippen LogP contribution in [0.3, 0.4) is 0 Å². The topological polar surface area (TPSA) is 165 Å². The number of carbonyl (C=O) groups excluding carboxylic acids is 2. The van der Waals surface area contributed by atoms with Crippen molar-refractivity contribution in [3.63, 3.8) is 0 Å². The molecule has 0 aliphatic carbocycles. The number of carbonyl (C=O) groups is 2. The molecular formula is C35H40N6O8S. The molecule has 0 unspecified atom stereocenters. The average Bonchev–Trinajstić information content (AvgIpc) is 3.63. The summed E-state index contributed by atoms with van der Waals surface area (Å²) in [4.78, 5) is 44.5. The third kappa shape index (κ3) is 8.90. The number of anilines is 1. The zero-order valence-electron chi connectivity index (χ0n) is 28.0. The number of nitrogens with zero attached hydrogens (tertiary/aromatic N) is 4. The first-order valence-electron chi connectivity index (χ1n) is 16.6. The van der Waals surface area contributed by atoms with Crippen LogP contribution in [0.4, 0.5) is 10.6 Å². The molecule has 0 saturated carbocycles. The number of ether oxygens (including phenoxy) is 6. The predicted octanol–water partition coefficient (Wildman–Crippen LogP) is 5.39. The van der Waals surface area contributed by atoms with Gasteiger partial charge in [0.15, 0.2) is 0 Å². The molecule has 0 bridgehead atoms. The molecule has 2 fully saturated rings. The molecule has 2 amide bonds. The molecule has 0 radical (unpaired) electrons. The average molecular weight is 705 g/mol. The van der Waals surface area contributed by atoms with Gasteiger partial charge in [-0.2, -0.15) is 0 Å². The van der Waals surface area contributed by atoms with E-state index in [2.05, 4.69) is 25.6 Å². The molecule has 0 spiro atoms. The van der Waals surface area contributed by atoms with Gasteiger partial charge in [0.2, 0.25) is 11.8 Å². The molecule has 0 aromatic carbocycles. The van der Waals surface area contributed by atoms with Crippen LogP contribution in [-0.4, -0.2) is 97.4 Å². The van der Waals surface area contributed by atoms with Crippen molar-refractivity contribution in [1.82, 2.24) is 25.3 Å². The number of hydrogen-bond acceptors (Lipinski definition) is 13. The Balaban J connectivity index is 1.42. The minimum atomic E-state index is -0.485. The molecule has 2 saturated heterocycles. The minimum absolute atomic E-state index is 0.126. The summed E-state index contributed by atoms with van der Waals surface area (Å²) < 4.78 is 34.3. The molecule has 6 rings (SSSR count). The van der Waals surface area contributed by atoms with Gasteiger partial charge in [0.1, 0.15) is 29.6 Å². The molecule has 2 aliphatic heterocycles. The van der Waals surface area contributed by atoms with Gasteiger partial charge in [0, 0.05) is 80.0 Å². The largest absolute Gasteiger partial charge is 0.475 e. The number of methoxy groups -OCH3 is 1. The third-order valence-corrected chi connectivity index (χ3v) is 8.93. The van der Waals surface area contributed by atoms with E-state index in [4.69, 9.17) is 33.4 Å². The lowest BCUT2D eigenvalue weighted by Gasteiger charge is -2.25. The molecule has 264 valence electrons. The number of rotatable bonds is 13. The fraction of sp³-hybridized carbons (Fsp3) is 0.429. The summed E-state index contributed by atoms with van der Waals surface area (Å²) >= 11 is 1.40. The Morgan fingerprint density at radius 3 is 2.44 bits per heavy atom. The van der Waals surface area contributed by atoms with Crippen LogP contribution < -0.4 is 20.1 Å². The van der Waals surface area contributed by atoms with Gasteiger partial charge in [-0.05, 0) is 31.2 Å². The van der Waals surface area contributed by atoms with Crippen LogP contribution >= 0.6 is 11.3 Å². The van der Waals surface area contributed by atoms with Crippen LogP contribution in [0.25, 0.3) is 33.0 Å². The van der Waals surface area contributed by atoms with E-state index in [1.165, 1.54) is 17.5 Å². The number of urea groups is 1. The third-order valence-electron chi connectivity index (χ3n) is 8.06. The van der Waals surface area contributed by atoms with Gasteiger partial charge >= 0.3 is 12.0 Å². The Bertz CT molecular complexity index is 1760. The molecule has 50 heavy (non-hydrogen) atoms. The molecule has 4 aromatic rings. The van der Waals surface area contributed by atoms with E-state index in [-0.39, 0.29) is 17.8 Å². The smallest absolute Gasteiger partial charge is 0.340 e. The van der Waals surface area contributed by atoms with E-state index in [1.54, 1.807) is 31.6 Å². The normalized spacial score (nSPS) is 15.3. The Morgan fingerprint density at radius 2 is 1.68 bits per heavy atom. The number of hydrogen-bond donors (Lipinski definition) is 2. The molecule has 2 N–H and O–H groups in total. The SMILES string of the molecule is CCNC(=O)Nc1cc(-c2nc(-c3cccnc3OCCOC)cs2)c(-c2cc(C(=O)OC3CCOCC3)cnc2OC2CCOCC2)cn1. The van der Waals surface area contributed by atoms with Crippen molar-refractivity contribution in [1.29, 1.82) is 0 Å². The highest BCUT2D eigenvalue weighted by Gasteiger charge is 2.26. The van der Waals surface area contributed by atoms with Crippen LogP contribution in [0.2, 0.25) is 0 Å². The Morgan fingerprint density at radius 1 is 0.900 bits per heavy atom. The fourth-order valence-electron chi connectivity index (χ4n) is 5.50. The van der Waals surface area contributed by atoms with Crippen molar-refractivity contribution >= 4 is 29.2 Å². The van der Waals surface area contributed by atoms with E-state index in [0.29, 0.717) is 122 Å². The number of amides is 2. The maximum absolute atomic E-state index is 13.4. The number of nitrogens with one attached hydrogen (secondary N) is 2. The maximum atomic E-state index is 13.4. The summed E-state index contributed by atoms with van der Waals surface area (Å²) in [5.74, 6) is 0.597. The Hall–Kier alpha value is -4.70. The summed E-state index contributed by atoms with van der Waals surface area (Å²) in [6.07, 6.45) is 7.07. The molecule has 2 aliphatic rings. The minimum Gasteiger partial charge on any atom is -0.475 e. The van der Waals surface area contributed by atoms with Gasteiger partial charge in [0.25, 0.3) is 0 Å². The summed E-state index contributed by atoms with van der Waals surface area (Å²) in [6, 6.07) is 6.78. The molecule has 4 aromatic heterocycles. The first kappa shape index (κ1) is 35.1. The second-order valence-electron chi connectivity index (χ2n) is 11.6. The standard InChI is InChI=1S/C35H40N6O8S/c1-3-36-35(43)41-30-18-27(33-40-29(21-50-33)25-5-4-10-37-31(25)47-16-15-44-2)28(20-38-30)26-17-22(34(42)49-24-8-13-46-14-9-24)19-39-32(26)48-23-6-11-45-12-7-23/h4-5,10,17-21,23-24H,3,6-9,11-16H2,1-2H3,(H2,36,38,41,43). The number of pyridine rings is 3. The lowest BCUT2D eigenvalue weighted by molar-refractivity contribution is -0.0159. The Kier molecular flexibility index (Phi) is 12.2. The monoisotopic (exact) mass is 704 g/mol. The summed E-state index contributed by atoms with van der Waals surface area (Å²) in [5, 5.41) is 8.05. The molecule has 14 nitrogen and oxygen atoms in total. The fourth-order valence-corrected chi connectivity index (χ4v) is 6.35. The van der Waals surface area contributed by atoms with Gasteiger partial charge in [-0.25, -0.2) is 29.5 Å². The van der Waals surface area contributed by atoms with E-state index in [1.807, 2.05) is 24.4 Å². The molecule has 0 atom stereocenters. The van der Waals surface area contributed by atoms with Gasteiger partial charge in [0.05, 0.1) is 49.9 Å². The number of esters is 1. The van der Waals surface area contributed by atoms with E-state index in [9.17, 15) is 9.59 Å². The van der Waals surface area contributed by atoms with Crippen LogP contribution in [0.1, 0.15) is 43.0 Å². The van der Waals surface area contributed by atoms with E-state index < -0.39 is 12.0 Å². The zero-order valence-corrected chi connectivity index (χ0v) is 28.8. The van der Waals surface area contributed by atoms with E-state index >= 15 is 0 Å². The van der Waals surface area contributed by atoms with Crippen molar-refractivity contribution in [2.45, 2.75) is 44.8 Å². The lowest BCUT2D eigenvalue weighted by Crippen LogP contribution is -2.28. The first-order valence-corrected chi connectivity index (χ1v) is 17.5. The zero-order chi connectivity index (χ0) is 34.7. The molecule has 6 heterocycles.